The fourth-order valence-corrected chi connectivity index (χ4v) is 6.58. The first-order valence-electron chi connectivity index (χ1n) is 8.53. The molecule has 0 unspecified atom stereocenters. The molecule has 102 valence electrons. The molecule has 0 radical (unpaired) electrons. The molecule has 0 aromatic heterocycles. The summed E-state index contributed by atoms with van der Waals surface area (Å²) in [5.41, 5.74) is 7.22. The molecule has 0 spiro atoms. The van der Waals surface area contributed by atoms with Gasteiger partial charge in [-0.1, -0.05) is 25.7 Å². The quantitative estimate of drug-likeness (QED) is 0.693. The first-order chi connectivity index (χ1) is 8.74. The summed E-state index contributed by atoms with van der Waals surface area (Å²) in [4.78, 5) is 0. The summed E-state index contributed by atoms with van der Waals surface area (Å²) in [6, 6.07) is 0. The van der Waals surface area contributed by atoms with Gasteiger partial charge in [-0.3, -0.25) is 0 Å². The van der Waals surface area contributed by atoms with Gasteiger partial charge >= 0.3 is 0 Å². The molecule has 5 saturated carbocycles. The highest BCUT2D eigenvalue weighted by atomic mass is 14.8. The van der Waals surface area contributed by atoms with Crippen LogP contribution in [0.15, 0.2) is 0 Å². The van der Waals surface area contributed by atoms with Gasteiger partial charge in [0.1, 0.15) is 0 Å². The summed E-state index contributed by atoms with van der Waals surface area (Å²) in [5.74, 6) is 5.13. The molecule has 5 aliphatic carbocycles. The van der Waals surface area contributed by atoms with E-state index < -0.39 is 0 Å². The number of nitrogens with two attached hydrogens (primary N) is 1. The standard InChI is InChI=1S/C17H29N/c18-17(5-3-1-2-4-6-17)16-14-8-12-7-13(10-14)11-15(16)9-12/h12-16H,1-11,18H2. The Morgan fingerprint density at radius 1 is 0.667 bits per heavy atom. The normalized spacial score (nSPS) is 50.2. The molecule has 0 aromatic carbocycles. The largest absolute Gasteiger partial charge is 0.325 e. The van der Waals surface area contributed by atoms with Crippen molar-refractivity contribution in [2.24, 2.45) is 35.3 Å². The maximum absolute atomic E-state index is 6.98. The van der Waals surface area contributed by atoms with Crippen molar-refractivity contribution in [1.82, 2.24) is 0 Å². The smallest absolute Gasteiger partial charge is 0.0188 e. The zero-order chi connectivity index (χ0) is 12.2. The van der Waals surface area contributed by atoms with E-state index in [9.17, 15) is 0 Å². The van der Waals surface area contributed by atoms with Gasteiger partial charge in [0.15, 0.2) is 0 Å². The Morgan fingerprint density at radius 2 is 1.17 bits per heavy atom. The minimum absolute atomic E-state index is 0.235. The third kappa shape index (κ3) is 1.77. The molecule has 0 aromatic rings. The highest BCUT2D eigenvalue weighted by Crippen LogP contribution is 2.60. The van der Waals surface area contributed by atoms with Crippen molar-refractivity contribution in [3.05, 3.63) is 0 Å². The van der Waals surface area contributed by atoms with E-state index in [2.05, 4.69) is 0 Å². The molecule has 5 rings (SSSR count). The van der Waals surface area contributed by atoms with Crippen molar-refractivity contribution in [1.29, 1.82) is 0 Å². The Bertz CT molecular complexity index is 286. The second-order valence-corrected chi connectivity index (χ2v) is 8.10. The van der Waals surface area contributed by atoms with Crippen molar-refractivity contribution in [2.45, 2.75) is 76.2 Å². The third-order valence-corrected chi connectivity index (χ3v) is 6.93. The summed E-state index contributed by atoms with van der Waals surface area (Å²) in [5, 5.41) is 0. The van der Waals surface area contributed by atoms with Crippen LogP contribution in [0.4, 0.5) is 0 Å². The molecule has 2 N–H and O–H groups in total. The molecule has 0 atom stereocenters. The highest BCUT2D eigenvalue weighted by Gasteiger charge is 2.54. The van der Waals surface area contributed by atoms with Gasteiger partial charge in [-0.05, 0) is 74.5 Å². The lowest BCUT2D eigenvalue weighted by Gasteiger charge is -2.59. The minimum atomic E-state index is 0.235. The van der Waals surface area contributed by atoms with Gasteiger partial charge in [-0.15, -0.1) is 0 Å². The maximum atomic E-state index is 6.98. The van der Waals surface area contributed by atoms with Gasteiger partial charge in [0, 0.05) is 5.54 Å². The minimum Gasteiger partial charge on any atom is -0.325 e. The summed E-state index contributed by atoms with van der Waals surface area (Å²) in [6.07, 6.45) is 16.1. The van der Waals surface area contributed by atoms with E-state index in [1.165, 1.54) is 64.2 Å². The monoisotopic (exact) mass is 247 g/mol. The molecule has 5 fully saturated rings. The molecular formula is C17H29N. The average Bonchev–Trinajstić information content (AvgIpc) is 2.53. The molecule has 18 heavy (non-hydrogen) atoms. The van der Waals surface area contributed by atoms with Crippen molar-refractivity contribution < 1.29 is 0 Å². The second kappa shape index (κ2) is 4.23. The molecule has 5 aliphatic rings. The van der Waals surface area contributed by atoms with Crippen LogP contribution in [0.3, 0.4) is 0 Å². The number of rotatable bonds is 1. The Kier molecular flexibility index (Phi) is 2.76. The van der Waals surface area contributed by atoms with Gasteiger partial charge in [0.25, 0.3) is 0 Å². The van der Waals surface area contributed by atoms with Crippen LogP contribution in [-0.4, -0.2) is 5.54 Å². The first kappa shape index (κ1) is 11.8. The molecule has 1 nitrogen and oxygen atoms in total. The molecule has 0 saturated heterocycles. The molecule has 0 aliphatic heterocycles. The van der Waals surface area contributed by atoms with Gasteiger partial charge in [0.2, 0.25) is 0 Å². The van der Waals surface area contributed by atoms with Crippen molar-refractivity contribution in [3.63, 3.8) is 0 Å². The second-order valence-electron chi connectivity index (χ2n) is 8.10. The van der Waals surface area contributed by atoms with E-state index in [4.69, 9.17) is 5.73 Å². The summed E-state index contributed by atoms with van der Waals surface area (Å²) < 4.78 is 0. The fraction of sp³-hybridized carbons (Fsp3) is 1.00. The van der Waals surface area contributed by atoms with Crippen LogP contribution in [0, 0.1) is 29.6 Å². The van der Waals surface area contributed by atoms with E-state index in [1.54, 1.807) is 6.42 Å². The summed E-state index contributed by atoms with van der Waals surface area (Å²) in [7, 11) is 0. The van der Waals surface area contributed by atoms with E-state index in [0.717, 1.165) is 29.6 Å². The molecule has 0 heterocycles. The Hall–Kier alpha value is -0.0400. The van der Waals surface area contributed by atoms with Crippen molar-refractivity contribution in [3.8, 4) is 0 Å². The molecular weight excluding hydrogens is 218 g/mol. The lowest BCUT2D eigenvalue weighted by molar-refractivity contribution is -0.0729. The number of hydrogen-bond donors (Lipinski definition) is 1. The predicted octanol–water partition coefficient (Wildman–Crippen LogP) is 4.11. The van der Waals surface area contributed by atoms with E-state index >= 15 is 0 Å². The van der Waals surface area contributed by atoms with Gasteiger partial charge < -0.3 is 5.73 Å². The van der Waals surface area contributed by atoms with E-state index in [-0.39, 0.29) is 5.54 Å². The zero-order valence-electron chi connectivity index (χ0n) is 11.7. The van der Waals surface area contributed by atoms with Gasteiger partial charge in [-0.25, -0.2) is 0 Å². The SMILES string of the molecule is NC1(C2C3CC4CC(C3)CC2C4)CCCCCC1. The predicted molar refractivity (Wildman–Crippen MR) is 75.2 cm³/mol. The van der Waals surface area contributed by atoms with Gasteiger partial charge in [-0.2, -0.15) is 0 Å². The van der Waals surface area contributed by atoms with Crippen LogP contribution >= 0.6 is 0 Å². The fourth-order valence-electron chi connectivity index (χ4n) is 6.58. The Morgan fingerprint density at radius 3 is 1.67 bits per heavy atom. The molecule has 1 heteroatoms. The summed E-state index contributed by atoms with van der Waals surface area (Å²) >= 11 is 0. The topological polar surface area (TPSA) is 26.0 Å². The first-order valence-corrected chi connectivity index (χ1v) is 8.53. The molecule has 0 amide bonds. The third-order valence-electron chi connectivity index (χ3n) is 6.93. The Labute approximate surface area is 112 Å². The van der Waals surface area contributed by atoms with Crippen LogP contribution in [0.25, 0.3) is 0 Å². The summed E-state index contributed by atoms with van der Waals surface area (Å²) in [6.45, 7) is 0. The van der Waals surface area contributed by atoms with Crippen LogP contribution in [0.2, 0.25) is 0 Å². The zero-order valence-corrected chi connectivity index (χ0v) is 11.7. The van der Waals surface area contributed by atoms with Crippen LogP contribution in [0.1, 0.15) is 70.6 Å². The van der Waals surface area contributed by atoms with E-state index in [1.807, 2.05) is 0 Å². The highest BCUT2D eigenvalue weighted by molar-refractivity contribution is 5.07. The Balaban J connectivity index is 1.59. The lowest BCUT2D eigenvalue weighted by Crippen LogP contribution is -2.58. The van der Waals surface area contributed by atoms with Crippen molar-refractivity contribution in [2.75, 3.05) is 0 Å². The van der Waals surface area contributed by atoms with Crippen molar-refractivity contribution >= 4 is 0 Å². The average molecular weight is 247 g/mol. The maximum Gasteiger partial charge on any atom is 0.0188 e. The van der Waals surface area contributed by atoms with Crippen LogP contribution in [0.5, 0.6) is 0 Å². The van der Waals surface area contributed by atoms with Crippen LogP contribution < -0.4 is 5.73 Å². The van der Waals surface area contributed by atoms with Gasteiger partial charge in [0.05, 0.1) is 0 Å². The lowest BCUT2D eigenvalue weighted by atomic mass is 9.47. The number of hydrogen-bond acceptors (Lipinski definition) is 1. The van der Waals surface area contributed by atoms with Crippen LogP contribution in [-0.2, 0) is 0 Å². The molecule has 4 bridgehead atoms. The van der Waals surface area contributed by atoms with E-state index in [0.29, 0.717) is 0 Å².